The number of rotatable bonds is 1. The van der Waals surface area contributed by atoms with Crippen molar-refractivity contribution in [2.75, 3.05) is 6.61 Å². The smallest absolute Gasteiger partial charge is 0.421 e. The first kappa shape index (κ1) is 11.2. The molecular formula is C10H8F4O2. The second-order valence-corrected chi connectivity index (χ2v) is 3.58. The van der Waals surface area contributed by atoms with Crippen molar-refractivity contribution in [3.05, 3.63) is 29.6 Å². The zero-order chi connectivity index (χ0) is 12.0. The number of aromatic hydroxyl groups is 1. The van der Waals surface area contributed by atoms with Crippen LogP contribution in [0.25, 0.3) is 0 Å². The van der Waals surface area contributed by atoms with Gasteiger partial charge >= 0.3 is 6.18 Å². The van der Waals surface area contributed by atoms with Crippen molar-refractivity contribution in [2.24, 2.45) is 0 Å². The summed E-state index contributed by atoms with van der Waals surface area (Å²) in [6.07, 6.45) is -4.98. The van der Waals surface area contributed by atoms with Crippen LogP contribution in [0.3, 0.4) is 0 Å². The Hall–Kier alpha value is -1.30. The number of phenols is 1. The van der Waals surface area contributed by atoms with E-state index < -0.39 is 28.9 Å². The van der Waals surface area contributed by atoms with Crippen LogP contribution in [-0.4, -0.2) is 17.9 Å². The third-order valence-electron chi connectivity index (χ3n) is 2.65. The van der Waals surface area contributed by atoms with Gasteiger partial charge in [0.15, 0.2) is 5.60 Å². The van der Waals surface area contributed by atoms with Gasteiger partial charge in [-0.3, -0.25) is 0 Å². The molecule has 2 nitrogen and oxygen atoms in total. The predicted octanol–water partition coefficient (Wildman–Crippen LogP) is 2.71. The molecule has 0 aromatic heterocycles. The van der Waals surface area contributed by atoms with Gasteiger partial charge in [0.1, 0.15) is 11.6 Å². The molecule has 88 valence electrons. The van der Waals surface area contributed by atoms with Gasteiger partial charge in [-0.25, -0.2) is 4.39 Å². The molecule has 2 rings (SSSR count). The Balaban J connectivity index is 2.53. The molecule has 0 bridgehead atoms. The Morgan fingerprint density at radius 2 is 1.94 bits per heavy atom. The van der Waals surface area contributed by atoms with Crippen LogP contribution in [0.5, 0.6) is 5.75 Å². The third-order valence-corrected chi connectivity index (χ3v) is 2.65. The number of halogens is 4. The van der Waals surface area contributed by atoms with Crippen molar-refractivity contribution in [2.45, 2.75) is 18.2 Å². The van der Waals surface area contributed by atoms with E-state index in [4.69, 9.17) is 0 Å². The van der Waals surface area contributed by atoms with Gasteiger partial charge in [0.2, 0.25) is 0 Å². The summed E-state index contributed by atoms with van der Waals surface area (Å²) in [4.78, 5) is 0. The Morgan fingerprint density at radius 3 is 2.38 bits per heavy atom. The van der Waals surface area contributed by atoms with Gasteiger partial charge in [-0.1, -0.05) is 0 Å². The Kier molecular flexibility index (Phi) is 2.34. The number of ether oxygens (including phenoxy) is 1. The fourth-order valence-corrected chi connectivity index (χ4v) is 1.73. The normalized spacial score (nSPS) is 25.2. The Bertz CT molecular complexity index is 410. The summed E-state index contributed by atoms with van der Waals surface area (Å²) in [5.41, 5.74) is -3.12. The molecule has 1 aliphatic heterocycles. The molecule has 0 spiro atoms. The van der Waals surface area contributed by atoms with Crippen molar-refractivity contribution in [3.63, 3.8) is 0 Å². The molecule has 0 unspecified atom stereocenters. The lowest BCUT2D eigenvalue weighted by molar-refractivity contribution is -0.334. The molecule has 1 atom stereocenters. The molecular weight excluding hydrogens is 228 g/mol. The SMILES string of the molecule is Oc1ccc(F)cc1[C@@]1(C(F)(F)F)CCO1. The summed E-state index contributed by atoms with van der Waals surface area (Å²) in [6.45, 7) is -0.0601. The van der Waals surface area contributed by atoms with E-state index in [0.717, 1.165) is 12.1 Å². The summed E-state index contributed by atoms with van der Waals surface area (Å²) in [5, 5.41) is 9.35. The molecule has 1 aromatic rings. The van der Waals surface area contributed by atoms with E-state index in [-0.39, 0.29) is 13.0 Å². The molecule has 1 N–H and O–H groups in total. The second-order valence-electron chi connectivity index (χ2n) is 3.58. The van der Waals surface area contributed by atoms with Gasteiger partial charge in [-0.15, -0.1) is 0 Å². The zero-order valence-electron chi connectivity index (χ0n) is 8.01. The topological polar surface area (TPSA) is 29.5 Å². The quantitative estimate of drug-likeness (QED) is 0.759. The number of hydrogen-bond acceptors (Lipinski definition) is 2. The van der Waals surface area contributed by atoms with E-state index in [9.17, 15) is 22.7 Å². The lowest BCUT2D eigenvalue weighted by atomic mass is 9.85. The van der Waals surface area contributed by atoms with Gasteiger partial charge in [0.05, 0.1) is 6.61 Å². The third kappa shape index (κ3) is 1.44. The maximum absolute atomic E-state index is 12.9. The number of alkyl halides is 3. The summed E-state index contributed by atoms with van der Waals surface area (Å²) < 4.78 is 55.8. The molecule has 16 heavy (non-hydrogen) atoms. The van der Waals surface area contributed by atoms with E-state index in [0.29, 0.717) is 6.07 Å². The molecule has 1 aliphatic rings. The molecule has 1 fully saturated rings. The highest BCUT2D eigenvalue weighted by molar-refractivity contribution is 5.39. The number of hydrogen-bond donors (Lipinski definition) is 1. The highest BCUT2D eigenvalue weighted by Gasteiger charge is 2.62. The molecule has 0 aliphatic carbocycles. The summed E-state index contributed by atoms with van der Waals surface area (Å²) in [7, 11) is 0. The number of benzene rings is 1. The second kappa shape index (κ2) is 3.35. The first-order chi connectivity index (χ1) is 7.37. The number of phenolic OH excluding ortho intramolecular Hbond substituents is 1. The monoisotopic (exact) mass is 236 g/mol. The van der Waals surface area contributed by atoms with Gasteiger partial charge in [-0.2, -0.15) is 13.2 Å². The minimum Gasteiger partial charge on any atom is -0.508 e. The van der Waals surface area contributed by atoms with Crippen LogP contribution in [0.2, 0.25) is 0 Å². The summed E-state index contributed by atoms with van der Waals surface area (Å²) in [6, 6.07) is 2.43. The maximum atomic E-state index is 12.9. The lowest BCUT2D eigenvalue weighted by Crippen LogP contribution is -2.52. The van der Waals surface area contributed by atoms with Gasteiger partial charge in [-0.05, 0) is 18.2 Å². The van der Waals surface area contributed by atoms with E-state index in [2.05, 4.69) is 4.74 Å². The van der Waals surface area contributed by atoms with Crippen LogP contribution in [0, 0.1) is 5.82 Å². The van der Waals surface area contributed by atoms with E-state index >= 15 is 0 Å². The lowest BCUT2D eigenvalue weighted by Gasteiger charge is -2.43. The Labute approximate surface area is 88.5 Å². The fraction of sp³-hybridized carbons (Fsp3) is 0.400. The maximum Gasteiger partial charge on any atom is 0.421 e. The van der Waals surface area contributed by atoms with Crippen LogP contribution < -0.4 is 0 Å². The first-order valence-corrected chi connectivity index (χ1v) is 4.56. The molecule has 0 radical (unpaired) electrons. The minimum absolute atomic E-state index is 0.0601. The molecule has 1 saturated heterocycles. The summed E-state index contributed by atoms with van der Waals surface area (Å²) >= 11 is 0. The molecule has 0 amide bonds. The van der Waals surface area contributed by atoms with Crippen molar-refractivity contribution >= 4 is 0 Å². The van der Waals surface area contributed by atoms with E-state index in [1.54, 1.807) is 0 Å². The Morgan fingerprint density at radius 1 is 1.31 bits per heavy atom. The van der Waals surface area contributed by atoms with Crippen LogP contribution in [0.4, 0.5) is 17.6 Å². The average molecular weight is 236 g/mol. The zero-order valence-corrected chi connectivity index (χ0v) is 8.01. The van der Waals surface area contributed by atoms with Gasteiger partial charge in [0, 0.05) is 12.0 Å². The van der Waals surface area contributed by atoms with Crippen LogP contribution in [0.1, 0.15) is 12.0 Å². The predicted molar refractivity (Wildman–Crippen MR) is 46.4 cm³/mol. The fourth-order valence-electron chi connectivity index (χ4n) is 1.73. The molecule has 0 saturated carbocycles. The van der Waals surface area contributed by atoms with Crippen molar-refractivity contribution in [1.82, 2.24) is 0 Å². The van der Waals surface area contributed by atoms with Gasteiger partial charge < -0.3 is 9.84 Å². The van der Waals surface area contributed by atoms with Crippen LogP contribution in [-0.2, 0) is 10.3 Å². The molecule has 6 heteroatoms. The van der Waals surface area contributed by atoms with Crippen molar-refractivity contribution < 1.29 is 27.4 Å². The first-order valence-electron chi connectivity index (χ1n) is 4.56. The largest absolute Gasteiger partial charge is 0.508 e. The van der Waals surface area contributed by atoms with Crippen LogP contribution >= 0.6 is 0 Å². The van der Waals surface area contributed by atoms with Crippen molar-refractivity contribution in [1.29, 1.82) is 0 Å². The molecule has 1 aromatic carbocycles. The summed E-state index contributed by atoms with van der Waals surface area (Å²) in [5.74, 6) is -1.45. The minimum atomic E-state index is -4.67. The van der Waals surface area contributed by atoms with E-state index in [1.165, 1.54) is 0 Å². The highest BCUT2D eigenvalue weighted by atomic mass is 19.4. The standard InChI is InChI=1S/C10H8F4O2/c11-6-1-2-8(15)7(5-6)9(3-4-16-9)10(12,13)14/h1-2,5,15H,3-4H2/t9-/m1/s1. The van der Waals surface area contributed by atoms with Crippen LogP contribution in [0.15, 0.2) is 18.2 Å². The average Bonchev–Trinajstić information content (AvgIpc) is 2.06. The van der Waals surface area contributed by atoms with Gasteiger partial charge in [0.25, 0.3) is 0 Å². The molecule has 1 heterocycles. The van der Waals surface area contributed by atoms with E-state index in [1.807, 2.05) is 0 Å². The van der Waals surface area contributed by atoms with Crippen molar-refractivity contribution in [3.8, 4) is 5.75 Å². The highest BCUT2D eigenvalue weighted by Crippen LogP contribution is 2.52.